The minimum atomic E-state index is -0.108. The second-order valence-corrected chi connectivity index (χ2v) is 19.3. The van der Waals surface area contributed by atoms with Gasteiger partial charge < -0.3 is 24.8 Å². The van der Waals surface area contributed by atoms with E-state index in [0.717, 1.165) is 0 Å². The molecular formula is C49H57Cl2Zr. The summed E-state index contributed by atoms with van der Waals surface area (Å²) in [7, 11) is 0. The summed E-state index contributed by atoms with van der Waals surface area (Å²) in [5.74, 6) is 0.407. The van der Waals surface area contributed by atoms with Crippen LogP contribution in [0.4, 0.5) is 0 Å². The smallest absolute Gasteiger partial charge is 1.00 e. The second kappa shape index (κ2) is 15.7. The summed E-state index contributed by atoms with van der Waals surface area (Å²) in [6.07, 6.45) is 8.87. The van der Waals surface area contributed by atoms with Crippen molar-refractivity contribution >= 4 is 14.4 Å². The average Bonchev–Trinajstić information content (AvgIpc) is 3.59. The van der Waals surface area contributed by atoms with E-state index in [4.69, 9.17) is 0 Å². The molecule has 4 aromatic carbocycles. The van der Waals surface area contributed by atoms with E-state index in [-0.39, 0.29) is 41.1 Å². The monoisotopic (exact) mass is 805 g/mol. The maximum Gasteiger partial charge on any atom is -1.00 e. The van der Waals surface area contributed by atoms with E-state index in [1.165, 1.54) is 130 Å². The number of halogens is 2. The first-order chi connectivity index (χ1) is 23.4. The van der Waals surface area contributed by atoms with Crippen molar-refractivity contribution in [1.29, 1.82) is 0 Å². The number of allylic oxidation sites excluding steroid dienone is 4. The number of aryl methyl sites for hydroxylation is 2. The van der Waals surface area contributed by atoms with Crippen molar-refractivity contribution < 1.29 is 49.5 Å². The van der Waals surface area contributed by atoms with Gasteiger partial charge in [-0.15, -0.1) is 0 Å². The SMILES string of the molecule is CCCCC1C=C(C(C)(C)C)C=C1c1c(C(C)(C)C)c(=C(c2ccc(C)cc2)c2ccc(C)cc2)cc2c1=[C]([Zr+2])c1cc(C(C)(C)C)ccc1-2.[Cl-].[Cl-]. The van der Waals surface area contributed by atoms with Gasteiger partial charge in [0, 0.05) is 0 Å². The Bertz CT molecular complexity index is 2090. The third-order valence-electron chi connectivity index (χ3n) is 10.8. The largest absolute Gasteiger partial charge is 1.00 e. The first kappa shape index (κ1) is 42.3. The fraction of sp³-hybridized carbons (Fsp3) is 0.388. The van der Waals surface area contributed by atoms with Gasteiger partial charge in [-0.2, -0.15) is 0 Å². The molecule has 2 aliphatic carbocycles. The fourth-order valence-electron chi connectivity index (χ4n) is 7.94. The molecule has 2 aliphatic rings. The number of hydrogen-bond acceptors (Lipinski definition) is 0. The molecule has 0 radical (unpaired) electrons. The fourth-order valence-corrected chi connectivity index (χ4v) is 9.09. The van der Waals surface area contributed by atoms with Gasteiger partial charge in [-0.1, -0.05) is 0 Å². The van der Waals surface area contributed by atoms with Gasteiger partial charge >= 0.3 is 320 Å². The quantitative estimate of drug-likeness (QED) is 0.224. The van der Waals surface area contributed by atoms with Crippen LogP contribution in [0.5, 0.6) is 0 Å². The normalized spacial score (nSPS) is 15.3. The van der Waals surface area contributed by atoms with Crippen LogP contribution in [0.1, 0.15) is 133 Å². The first-order valence-electron chi connectivity index (χ1n) is 18.8. The average molecular weight is 808 g/mol. The van der Waals surface area contributed by atoms with E-state index in [9.17, 15) is 0 Å². The van der Waals surface area contributed by atoms with E-state index in [1.54, 1.807) is 0 Å². The van der Waals surface area contributed by atoms with Crippen molar-refractivity contribution in [3.63, 3.8) is 0 Å². The van der Waals surface area contributed by atoms with Crippen molar-refractivity contribution in [3.8, 4) is 11.1 Å². The molecule has 0 spiro atoms. The van der Waals surface area contributed by atoms with Gasteiger partial charge in [0.2, 0.25) is 0 Å². The van der Waals surface area contributed by atoms with Crippen LogP contribution in [0.3, 0.4) is 0 Å². The standard InChI is InChI=1S/C49H57.2ClH.Zr/c1-13-14-15-35-26-38(48(7,8)9)29-40(35)45-42-28-36-27-37(47(4,5)6)24-25-39(36)41(42)30-43(46(45)49(10,11)12)44(33-20-16-31(2)17-21-33)34-22-18-32(3)19-23-34;;;/h16-27,29-30,35H,13-15H2,1-12H3;2*1H;/q;;;+2/p-2. The van der Waals surface area contributed by atoms with Crippen LogP contribution in [0.25, 0.3) is 25.6 Å². The number of fused-ring (bicyclic) bond motifs is 3. The van der Waals surface area contributed by atoms with Gasteiger partial charge in [-0.05, 0) is 0 Å². The Hall–Kier alpha value is -2.44. The van der Waals surface area contributed by atoms with E-state index in [1.807, 2.05) is 0 Å². The van der Waals surface area contributed by atoms with E-state index in [2.05, 4.69) is 168 Å². The molecule has 4 aromatic rings. The van der Waals surface area contributed by atoms with Crippen LogP contribution >= 0.6 is 0 Å². The van der Waals surface area contributed by atoms with Crippen molar-refractivity contribution in [2.45, 2.75) is 113 Å². The van der Waals surface area contributed by atoms with Gasteiger partial charge in [0.05, 0.1) is 0 Å². The molecule has 0 saturated carbocycles. The number of rotatable bonds is 6. The Morgan fingerprint density at radius 1 is 0.654 bits per heavy atom. The van der Waals surface area contributed by atoms with Crippen LogP contribution in [0.15, 0.2) is 90.5 Å². The van der Waals surface area contributed by atoms with E-state index < -0.39 is 0 Å². The van der Waals surface area contributed by atoms with Crippen molar-refractivity contribution in [2.24, 2.45) is 11.3 Å². The van der Waals surface area contributed by atoms with Crippen molar-refractivity contribution in [2.75, 3.05) is 0 Å². The summed E-state index contributed by atoms with van der Waals surface area (Å²) in [6.45, 7) is 28.2. The third kappa shape index (κ3) is 8.14. The zero-order chi connectivity index (χ0) is 36.3. The predicted molar refractivity (Wildman–Crippen MR) is 214 cm³/mol. The Labute approximate surface area is 342 Å². The Balaban J connectivity index is 0.00000302. The third-order valence-corrected chi connectivity index (χ3v) is 12.1. The van der Waals surface area contributed by atoms with Gasteiger partial charge in [0.25, 0.3) is 0 Å². The first-order valence-corrected chi connectivity index (χ1v) is 20.0. The molecule has 1 atom stereocenters. The molecule has 0 N–H and O–H groups in total. The molecule has 0 saturated heterocycles. The van der Waals surface area contributed by atoms with Crippen molar-refractivity contribution in [3.05, 3.63) is 145 Å². The Morgan fingerprint density at radius 2 is 1.21 bits per heavy atom. The molecule has 271 valence electrons. The Morgan fingerprint density at radius 3 is 1.69 bits per heavy atom. The summed E-state index contributed by atoms with van der Waals surface area (Å²) in [6, 6.07) is 28.4. The van der Waals surface area contributed by atoms with Crippen LogP contribution in [-0.2, 0) is 35.5 Å². The summed E-state index contributed by atoms with van der Waals surface area (Å²) in [5.41, 5.74) is 18.2. The molecule has 0 nitrogen and oxygen atoms in total. The molecule has 6 rings (SSSR count). The van der Waals surface area contributed by atoms with E-state index >= 15 is 0 Å². The molecule has 3 heteroatoms. The minimum Gasteiger partial charge on any atom is -1.00 e. The molecule has 52 heavy (non-hydrogen) atoms. The molecule has 0 heterocycles. The van der Waals surface area contributed by atoms with Crippen LogP contribution in [0, 0.1) is 25.2 Å². The zero-order valence-electron chi connectivity index (χ0n) is 33.5. The Kier molecular flexibility index (Phi) is 12.8. The molecule has 0 amide bonds. The van der Waals surface area contributed by atoms with Crippen LogP contribution < -0.4 is 35.3 Å². The predicted octanol–water partition coefficient (Wildman–Crippen LogP) is 6.01. The summed E-state index contributed by atoms with van der Waals surface area (Å²) < 4.78 is 1.51. The van der Waals surface area contributed by atoms with Crippen LogP contribution in [0.2, 0.25) is 0 Å². The van der Waals surface area contributed by atoms with Gasteiger partial charge in [-0.25, -0.2) is 0 Å². The number of unbranched alkanes of at least 4 members (excludes halogenated alkanes) is 1. The molecule has 0 fully saturated rings. The van der Waals surface area contributed by atoms with Gasteiger partial charge in [-0.3, -0.25) is 0 Å². The second-order valence-electron chi connectivity index (χ2n) is 18.1. The molecule has 0 bridgehead atoms. The number of hydrogen-bond donors (Lipinski definition) is 0. The summed E-state index contributed by atoms with van der Waals surface area (Å²) in [5, 5.41) is 2.86. The van der Waals surface area contributed by atoms with Gasteiger partial charge in [0.1, 0.15) is 0 Å². The minimum absolute atomic E-state index is 0. The summed E-state index contributed by atoms with van der Waals surface area (Å²) >= 11 is 1.48. The van der Waals surface area contributed by atoms with Gasteiger partial charge in [0.15, 0.2) is 0 Å². The molecular weight excluding hydrogens is 751 g/mol. The molecule has 0 aromatic heterocycles. The zero-order valence-corrected chi connectivity index (χ0v) is 37.5. The topological polar surface area (TPSA) is 0 Å². The van der Waals surface area contributed by atoms with Crippen LogP contribution in [-0.4, -0.2) is 0 Å². The summed E-state index contributed by atoms with van der Waals surface area (Å²) in [4.78, 5) is 0. The number of benzene rings is 4. The maximum absolute atomic E-state index is 2.63. The maximum atomic E-state index is 2.63. The molecule has 0 aliphatic heterocycles. The molecule has 1 unspecified atom stereocenters. The van der Waals surface area contributed by atoms with E-state index in [0.29, 0.717) is 5.92 Å². The van der Waals surface area contributed by atoms with Crippen molar-refractivity contribution in [1.82, 2.24) is 0 Å².